The Balaban J connectivity index is 3.11. The van der Waals surface area contributed by atoms with Gasteiger partial charge in [0.05, 0.1) is 25.3 Å². The van der Waals surface area contributed by atoms with Gasteiger partial charge < -0.3 is 15.6 Å². The molecule has 0 amide bonds. The van der Waals surface area contributed by atoms with Crippen LogP contribution >= 0.6 is 0 Å². The van der Waals surface area contributed by atoms with Crippen molar-refractivity contribution in [1.82, 2.24) is 0 Å². The highest BCUT2D eigenvalue weighted by Crippen LogP contribution is 2.20. The van der Waals surface area contributed by atoms with Crippen molar-refractivity contribution in [3.05, 3.63) is 29.6 Å². The normalized spacial score (nSPS) is 12.3. The van der Waals surface area contributed by atoms with Gasteiger partial charge in [-0.3, -0.25) is 4.79 Å². The molecule has 15 heavy (non-hydrogen) atoms. The topological polar surface area (TPSA) is 72.5 Å². The summed E-state index contributed by atoms with van der Waals surface area (Å²) < 4.78 is 17.8. The summed E-state index contributed by atoms with van der Waals surface area (Å²) in [5.41, 5.74) is 5.39. The van der Waals surface area contributed by atoms with Gasteiger partial charge in [-0.1, -0.05) is 0 Å². The highest BCUT2D eigenvalue weighted by Gasteiger charge is 2.19. The third-order valence-electron chi connectivity index (χ3n) is 1.96. The van der Waals surface area contributed by atoms with Crippen LogP contribution in [0, 0.1) is 5.82 Å². The van der Waals surface area contributed by atoms with Crippen LogP contribution in [-0.4, -0.2) is 30.6 Å². The van der Waals surface area contributed by atoms with Crippen LogP contribution in [0.5, 0.6) is 5.75 Å². The Bertz CT molecular complexity index is 368. The van der Waals surface area contributed by atoms with Crippen molar-refractivity contribution in [2.75, 3.05) is 13.7 Å². The standard InChI is InChI=1S/C10H12FNO3/c1-15-9-3-2-6(11)4-7(9)10(14)8(12)5-13/h2-4,8,13H,5,12H2,1H3. The predicted octanol–water partition coefficient (Wildman–Crippen LogP) is 0.337. The molecule has 0 aliphatic rings. The zero-order valence-electron chi connectivity index (χ0n) is 8.24. The number of aliphatic hydroxyl groups is 1. The Morgan fingerprint density at radius 3 is 2.87 bits per heavy atom. The Hall–Kier alpha value is -1.46. The average molecular weight is 213 g/mol. The van der Waals surface area contributed by atoms with Crippen molar-refractivity contribution in [2.45, 2.75) is 6.04 Å². The first kappa shape index (κ1) is 11.6. The van der Waals surface area contributed by atoms with Crippen molar-refractivity contribution >= 4 is 5.78 Å². The van der Waals surface area contributed by atoms with Gasteiger partial charge in [0, 0.05) is 0 Å². The maximum Gasteiger partial charge on any atom is 0.185 e. The van der Waals surface area contributed by atoms with Gasteiger partial charge in [0.2, 0.25) is 0 Å². The molecule has 1 unspecified atom stereocenters. The van der Waals surface area contributed by atoms with Gasteiger partial charge in [-0.25, -0.2) is 4.39 Å². The van der Waals surface area contributed by atoms with Crippen molar-refractivity contribution in [3.8, 4) is 5.75 Å². The Morgan fingerprint density at radius 1 is 1.67 bits per heavy atom. The third kappa shape index (κ3) is 2.51. The molecule has 1 aromatic rings. The SMILES string of the molecule is COc1ccc(F)cc1C(=O)C(N)CO. The lowest BCUT2D eigenvalue weighted by atomic mass is 10.0. The van der Waals surface area contributed by atoms with Crippen molar-refractivity contribution in [1.29, 1.82) is 0 Å². The first-order valence-corrected chi connectivity index (χ1v) is 4.34. The summed E-state index contributed by atoms with van der Waals surface area (Å²) in [6, 6.07) is 2.50. The summed E-state index contributed by atoms with van der Waals surface area (Å²) >= 11 is 0. The number of ether oxygens (including phenoxy) is 1. The lowest BCUT2D eigenvalue weighted by Crippen LogP contribution is -2.34. The summed E-state index contributed by atoms with van der Waals surface area (Å²) in [6.45, 7) is -0.488. The van der Waals surface area contributed by atoms with E-state index >= 15 is 0 Å². The lowest BCUT2D eigenvalue weighted by molar-refractivity contribution is 0.0922. The molecule has 0 fully saturated rings. The van der Waals surface area contributed by atoms with Gasteiger partial charge in [-0.15, -0.1) is 0 Å². The van der Waals surface area contributed by atoms with Crippen molar-refractivity contribution < 1.29 is 19.0 Å². The van der Waals surface area contributed by atoms with Gasteiger partial charge in [0.1, 0.15) is 11.6 Å². The molecule has 82 valence electrons. The molecule has 0 bridgehead atoms. The number of halogens is 1. The number of methoxy groups -OCH3 is 1. The molecule has 1 aromatic carbocycles. The van der Waals surface area contributed by atoms with Crippen LogP contribution in [0.1, 0.15) is 10.4 Å². The fourth-order valence-corrected chi connectivity index (χ4v) is 1.16. The summed E-state index contributed by atoms with van der Waals surface area (Å²) in [6.07, 6.45) is 0. The van der Waals surface area contributed by atoms with E-state index in [-0.39, 0.29) is 11.3 Å². The zero-order valence-corrected chi connectivity index (χ0v) is 8.24. The van der Waals surface area contributed by atoms with Crippen LogP contribution in [0.4, 0.5) is 4.39 Å². The van der Waals surface area contributed by atoms with E-state index in [1.165, 1.54) is 19.2 Å². The molecule has 0 heterocycles. The molecule has 5 heteroatoms. The van der Waals surface area contributed by atoms with Gasteiger partial charge in [0.25, 0.3) is 0 Å². The highest BCUT2D eigenvalue weighted by molar-refractivity contribution is 6.02. The molecule has 0 spiro atoms. The number of Topliss-reactive ketones (excluding diaryl/α,β-unsaturated/α-hetero) is 1. The average Bonchev–Trinajstić information content (AvgIpc) is 2.27. The fraction of sp³-hybridized carbons (Fsp3) is 0.300. The van der Waals surface area contributed by atoms with Crippen LogP contribution < -0.4 is 10.5 Å². The van der Waals surface area contributed by atoms with Gasteiger partial charge in [0.15, 0.2) is 5.78 Å². The highest BCUT2D eigenvalue weighted by atomic mass is 19.1. The maximum absolute atomic E-state index is 12.9. The molecule has 0 aliphatic heterocycles. The smallest absolute Gasteiger partial charge is 0.185 e. The molecular formula is C10H12FNO3. The molecule has 0 aliphatic carbocycles. The Kier molecular flexibility index (Phi) is 3.76. The zero-order chi connectivity index (χ0) is 11.4. The molecule has 0 radical (unpaired) electrons. The van der Waals surface area contributed by atoms with E-state index in [9.17, 15) is 9.18 Å². The number of nitrogens with two attached hydrogens (primary N) is 1. The number of hydrogen-bond acceptors (Lipinski definition) is 4. The van der Waals surface area contributed by atoms with E-state index in [1.807, 2.05) is 0 Å². The number of carbonyl (C=O) groups is 1. The van der Waals surface area contributed by atoms with Crippen LogP contribution in [0.2, 0.25) is 0 Å². The quantitative estimate of drug-likeness (QED) is 0.707. The monoisotopic (exact) mass is 213 g/mol. The predicted molar refractivity (Wildman–Crippen MR) is 52.3 cm³/mol. The van der Waals surface area contributed by atoms with Gasteiger partial charge in [-0.05, 0) is 18.2 Å². The molecule has 0 aromatic heterocycles. The fourth-order valence-electron chi connectivity index (χ4n) is 1.16. The third-order valence-corrected chi connectivity index (χ3v) is 1.96. The first-order chi connectivity index (χ1) is 7.10. The van der Waals surface area contributed by atoms with Crippen LogP contribution in [0.3, 0.4) is 0 Å². The second-order valence-electron chi connectivity index (χ2n) is 3.00. The number of carbonyl (C=O) groups excluding carboxylic acids is 1. The minimum atomic E-state index is -1.05. The largest absolute Gasteiger partial charge is 0.496 e. The van der Waals surface area contributed by atoms with Crippen LogP contribution in [0.15, 0.2) is 18.2 Å². The van der Waals surface area contributed by atoms with Gasteiger partial charge >= 0.3 is 0 Å². The second-order valence-corrected chi connectivity index (χ2v) is 3.00. The van der Waals surface area contributed by atoms with E-state index < -0.39 is 24.2 Å². The first-order valence-electron chi connectivity index (χ1n) is 4.34. The van der Waals surface area contributed by atoms with Crippen LogP contribution in [0.25, 0.3) is 0 Å². The van der Waals surface area contributed by atoms with E-state index in [4.69, 9.17) is 15.6 Å². The van der Waals surface area contributed by atoms with Gasteiger partial charge in [-0.2, -0.15) is 0 Å². The molecule has 1 rings (SSSR count). The maximum atomic E-state index is 12.9. The van der Waals surface area contributed by atoms with Crippen LogP contribution in [-0.2, 0) is 0 Å². The molecular weight excluding hydrogens is 201 g/mol. The van der Waals surface area contributed by atoms with Crippen molar-refractivity contribution in [3.63, 3.8) is 0 Å². The van der Waals surface area contributed by atoms with E-state index in [0.29, 0.717) is 0 Å². The van der Waals surface area contributed by atoms with E-state index in [2.05, 4.69) is 0 Å². The second kappa shape index (κ2) is 4.86. The summed E-state index contributed by atoms with van der Waals surface area (Å²) in [4.78, 5) is 11.6. The molecule has 0 saturated carbocycles. The molecule has 1 atom stereocenters. The minimum Gasteiger partial charge on any atom is -0.496 e. The van der Waals surface area contributed by atoms with E-state index in [0.717, 1.165) is 6.07 Å². The number of rotatable bonds is 4. The summed E-state index contributed by atoms with van der Waals surface area (Å²) in [5.74, 6) is -0.858. The Labute approximate surface area is 86.5 Å². The lowest BCUT2D eigenvalue weighted by Gasteiger charge is -2.10. The Morgan fingerprint density at radius 2 is 2.33 bits per heavy atom. The number of hydrogen-bond donors (Lipinski definition) is 2. The molecule has 4 nitrogen and oxygen atoms in total. The summed E-state index contributed by atoms with van der Waals surface area (Å²) in [7, 11) is 1.37. The number of aliphatic hydroxyl groups excluding tert-OH is 1. The molecule has 0 saturated heterocycles. The van der Waals surface area contributed by atoms with E-state index in [1.54, 1.807) is 0 Å². The minimum absolute atomic E-state index is 0.0408. The molecule has 3 N–H and O–H groups in total. The summed E-state index contributed by atoms with van der Waals surface area (Å²) in [5, 5.41) is 8.72. The number of ketones is 1. The van der Waals surface area contributed by atoms with Crippen molar-refractivity contribution in [2.24, 2.45) is 5.73 Å². The number of benzene rings is 1.